The molecule has 0 bridgehead atoms. The topological polar surface area (TPSA) is 26.0 Å². The smallest absolute Gasteiger partial charge is 0.133 e. The van der Waals surface area contributed by atoms with Gasteiger partial charge in [0.05, 0.1) is 0 Å². The van der Waals surface area contributed by atoms with Crippen LogP contribution >= 0.6 is 0 Å². The van der Waals surface area contributed by atoms with E-state index in [0.717, 1.165) is 0 Å². The number of nitrogens with two attached hydrogens (primary N) is 1. The molecule has 2 aromatic rings. The quantitative estimate of drug-likeness (QED) is 0.900. The van der Waals surface area contributed by atoms with Crippen LogP contribution in [0.15, 0.2) is 36.4 Å². The van der Waals surface area contributed by atoms with E-state index in [-0.39, 0.29) is 12.0 Å². The Kier molecular flexibility index (Phi) is 3.90. The minimum absolute atomic E-state index is 0.149. The van der Waals surface area contributed by atoms with Crippen LogP contribution < -0.4 is 5.73 Å². The SMILES string of the molecule is Cc1ccc(F)c(C(N)Cc2cccc(F)c2)c1F. The summed E-state index contributed by atoms with van der Waals surface area (Å²) in [6.45, 7) is 1.55. The Labute approximate surface area is 109 Å². The molecule has 0 radical (unpaired) electrons. The predicted octanol–water partition coefficient (Wildman–Crippen LogP) is 3.65. The van der Waals surface area contributed by atoms with E-state index in [1.165, 1.54) is 24.3 Å². The van der Waals surface area contributed by atoms with Crippen LogP contribution in [0.2, 0.25) is 0 Å². The lowest BCUT2D eigenvalue weighted by molar-refractivity contribution is 0.519. The Balaban J connectivity index is 2.30. The first-order chi connectivity index (χ1) is 8.99. The van der Waals surface area contributed by atoms with Crippen molar-refractivity contribution in [1.82, 2.24) is 0 Å². The normalized spacial score (nSPS) is 12.5. The van der Waals surface area contributed by atoms with E-state index in [2.05, 4.69) is 0 Å². The first kappa shape index (κ1) is 13.6. The highest BCUT2D eigenvalue weighted by Gasteiger charge is 2.18. The molecule has 0 heterocycles. The highest BCUT2D eigenvalue weighted by molar-refractivity contribution is 5.30. The largest absolute Gasteiger partial charge is 0.323 e. The van der Waals surface area contributed by atoms with Crippen molar-refractivity contribution in [2.24, 2.45) is 5.73 Å². The first-order valence-corrected chi connectivity index (χ1v) is 5.93. The number of hydrogen-bond donors (Lipinski definition) is 1. The van der Waals surface area contributed by atoms with Crippen molar-refractivity contribution in [3.05, 3.63) is 70.5 Å². The lowest BCUT2D eigenvalue weighted by atomic mass is 9.97. The van der Waals surface area contributed by atoms with Crippen LogP contribution in [-0.4, -0.2) is 0 Å². The van der Waals surface area contributed by atoms with Crippen molar-refractivity contribution in [2.75, 3.05) is 0 Å². The molecular weight excluding hydrogens is 251 g/mol. The Morgan fingerprint density at radius 3 is 2.53 bits per heavy atom. The zero-order valence-corrected chi connectivity index (χ0v) is 10.5. The minimum atomic E-state index is -0.846. The van der Waals surface area contributed by atoms with Crippen LogP contribution in [0.4, 0.5) is 13.2 Å². The van der Waals surface area contributed by atoms with Crippen molar-refractivity contribution < 1.29 is 13.2 Å². The number of rotatable bonds is 3. The molecule has 4 heteroatoms. The van der Waals surface area contributed by atoms with Gasteiger partial charge in [-0.25, -0.2) is 13.2 Å². The molecule has 0 aliphatic heterocycles. The van der Waals surface area contributed by atoms with Crippen molar-refractivity contribution in [2.45, 2.75) is 19.4 Å². The van der Waals surface area contributed by atoms with Crippen molar-refractivity contribution >= 4 is 0 Å². The fraction of sp³-hybridized carbons (Fsp3) is 0.200. The van der Waals surface area contributed by atoms with Gasteiger partial charge in [-0.05, 0) is 42.7 Å². The summed E-state index contributed by atoms with van der Waals surface area (Å²) in [5, 5.41) is 0. The summed E-state index contributed by atoms with van der Waals surface area (Å²) < 4.78 is 40.6. The summed E-state index contributed by atoms with van der Waals surface area (Å²) in [5.74, 6) is -1.70. The maximum absolute atomic E-state index is 13.9. The maximum atomic E-state index is 13.9. The summed E-state index contributed by atoms with van der Waals surface area (Å²) >= 11 is 0. The van der Waals surface area contributed by atoms with E-state index in [9.17, 15) is 13.2 Å². The predicted molar refractivity (Wildman–Crippen MR) is 68.1 cm³/mol. The van der Waals surface area contributed by atoms with Crippen LogP contribution in [0.1, 0.15) is 22.7 Å². The van der Waals surface area contributed by atoms with Gasteiger partial charge in [0.25, 0.3) is 0 Å². The van der Waals surface area contributed by atoms with Crippen molar-refractivity contribution in [3.8, 4) is 0 Å². The Morgan fingerprint density at radius 2 is 1.84 bits per heavy atom. The van der Waals surface area contributed by atoms with Gasteiger partial charge in [-0.15, -0.1) is 0 Å². The molecule has 0 amide bonds. The summed E-state index contributed by atoms with van der Waals surface area (Å²) in [6, 6.07) is 7.55. The third-order valence-corrected chi connectivity index (χ3v) is 3.04. The van der Waals surface area contributed by atoms with Gasteiger partial charge < -0.3 is 5.73 Å². The van der Waals surface area contributed by atoms with Gasteiger partial charge in [0.15, 0.2) is 0 Å². The molecule has 2 rings (SSSR count). The molecule has 19 heavy (non-hydrogen) atoms. The number of hydrogen-bond acceptors (Lipinski definition) is 1. The van der Waals surface area contributed by atoms with Gasteiger partial charge in [-0.2, -0.15) is 0 Å². The molecule has 0 spiro atoms. The second kappa shape index (κ2) is 5.45. The summed E-state index contributed by atoms with van der Waals surface area (Å²) in [6.07, 6.45) is 0.176. The molecule has 0 saturated heterocycles. The number of halogens is 3. The first-order valence-electron chi connectivity index (χ1n) is 5.93. The monoisotopic (exact) mass is 265 g/mol. The van der Waals surface area contributed by atoms with Crippen LogP contribution in [0.3, 0.4) is 0 Å². The summed E-state index contributed by atoms with van der Waals surface area (Å²) in [4.78, 5) is 0. The lowest BCUT2D eigenvalue weighted by Crippen LogP contribution is -2.17. The molecular formula is C15H14F3N. The zero-order valence-electron chi connectivity index (χ0n) is 10.5. The third-order valence-electron chi connectivity index (χ3n) is 3.04. The van der Waals surface area contributed by atoms with E-state index < -0.39 is 23.5 Å². The maximum Gasteiger partial charge on any atom is 0.133 e. The zero-order chi connectivity index (χ0) is 14.0. The van der Waals surface area contributed by atoms with Gasteiger partial charge in [0.1, 0.15) is 17.5 Å². The molecule has 0 fully saturated rings. The fourth-order valence-electron chi connectivity index (χ4n) is 2.04. The van der Waals surface area contributed by atoms with Crippen LogP contribution in [0, 0.1) is 24.4 Å². The fourth-order valence-corrected chi connectivity index (χ4v) is 2.04. The highest BCUT2D eigenvalue weighted by Crippen LogP contribution is 2.24. The standard InChI is InChI=1S/C15H14F3N/c1-9-5-6-12(17)14(15(9)18)13(19)8-10-3-2-4-11(16)7-10/h2-7,13H,8,19H2,1H3. The van der Waals surface area contributed by atoms with Gasteiger partial charge in [0.2, 0.25) is 0 Å². The lowest BCUT2D eigenvalue weighted by Gasteiger charge is -2.15. The molecule has 1 nitrogen and oxygen atoms in total. The van der Waals surface area contributed by atoms with Crippen LogP contribution in [-0.2, 0) is 6.42 Å². The highest BCUT2D eigenvalue weighted by atomic mass is 19.1. The molecule has 0 saturated carbocycles. The second-order valence-electron chi connectivity index (χ2n) is 4.53. The van der Waals surface area contributed by atoms with Gasteiger partial charge >= 0.3 is 0 Å². The Hall–Kier alpha value is -1.81. The molecule has 2 N–H and O–H groups in total. The van der Waals surface area contributed by atoms with Crippen molar-refractivity contribution in [1.29, 1.82) is 0 Å². The van der Waals surface area contributed by atoms with E-state index in [4.69, 9.17) is 5.73 Å². The molecule has 0 aliphatic carbocycles. The van der Waals surface area contributed by atoms with E-state index in [1.54, 1.807) is 19.1 Å². The van der Waals surface area contributed by atoms with E-state index in [1.807, 2.05) is 0 Å². The molecule has 1 atom stereocenters. The Bertz CT molecular complexity index is 596. The van der Waals surface area contributed by atoms with Crippen LogP contribution in [0.5, 0.6) is 0 Å². The van der Waals surface area contributed by atoms with E-state index in [0.29, 0.717) is 11.1 Å². The second-order valence-corrected chi connectivity index (χ2v) is 4.53. The Morgan fingerprint density at radius 1 is 1.11 bits per heavy atom. The third kappa shape index (κ3) is 2.96. The number of benzene rings is 2. The van der Waals surface area contributed by atoms with E-state index >= 15 is 0 Å². The average molecular weight is 265 g/mol. The molecule has 0 aliphatic rings. The van der Waals surface area contributed by atoms with Crippen molar-refractivity contribution in [3.63, 3.8) is 0 Å². The molecule has 100 valence electrons. The summed E-state index contributed by atoms with van der Waals surface area (Å²) in [5.41, 5.74) is 6.64. The minimum Gasteiger partial charge on any atom is -0.323 e. The van der Waals surface area contributed by atoms with Gasteiger partial charge in [-0.3, -0.25) is 0 Å². The number of aryl methyl sites for hydroxylation is 1. The molecule has 0 aromatic heterocycles. The van der Waals surface area contributed by atoms with Gasteiger partial charge in [-0.1, -0.05) is 18.2 Å². The van der Waals surface area contributed by atoms with Gasteiger partial charge in [0, 0.05) is 11.6 Å². The average Bonchev–Trinajstić information content (AvgIpc) is 2.34. The summed E-state index contributed by atoms with van der Waals surface area (Å²) in [7, 11) is 0. The molecule has 1 unspecified atom stereocenters. The van der Waals surface area contributed by atoms with Crippen LogP contribution in [0.25, 0.3) is 0 Å². The molecule has 2 aromatic carbocycles.